The number of carbonyl (C=O) groups excluding carboxylic acids is 1. The highest BCUT2D eigenvalue weighted by atomic mass is 16.3. The fourth-order valence-electron chi connectivity index (χ4n) is 4.61. The number of aryl methyl sites for hydroxylation is 1. The van der Waals surface area contributed by atoms with Crippen LogP contribution in [0.5, 0.6) is 5.75 Å². The molecule has 176 valence electrons. The van der Waals surface area contributed by atoms with Crippen LogP contribution in [0.2, 0.25) is 0 Å². The van der Waals surface area contributed by atoms with Gasteiger partial charge < -0.3 is 25.8 Å². The lowest BCUT2D eigenvalue weighted by Gasteiger charge is -2.28. The van der Waals surface area contributed by atoms with Crippen molar-refractivity contribution in [3.63, 3.8) is 0 Å². The number of hydrogen-bond donors (Lipinski definition) is 5. The quantitative estimate of drug-likeness (QED) is 0.299. The molecule has 5 rings (SSSR count). The van der Waals surface area contributed by atoms with Crippen molar-refractivity contribution in [1.82, 2.24) is 25.1 Å². The molecule has 0 saturated heterocycles. The number of carbonyl (C=O) groups is 1. The summed E-state index contributed by atoms with van der Waals surface area (Å²) in [4.78, 5) is 22.4. The molecular weight excluding hydrogens is 432 g/mol. The van der Waals surface area contributed by atoms with Gasteiger partial charge in [-0.05, 0) is 53.8 Å². The number of aromatic nitrogens is 4. The summed E-state index contributed by atoms with van der Waals surface area (Å²) in [5.74, 6) is 0.772. The van der Waals surface area contributed by atoms with E-state index < -0.39 is 6.04 Å². The number of aliphatic hydroxyl groups is 1. The second kappa shape index (κ2) is 8.92. The lowest BCUT2D eigenvalue weighted by Crippen LogP contribution is -2.46. The summed E-state index contributed by atoms with van der Waals surface area (Å²) in [6, 6.07) is 10.9. The number of rotatable bonds is 6. The lowest BCUT2D eigenvalue weighted by atomic mass is 9.97. The summed E-state index contributed by atoms with van der Waals surface area (Å²) in [6.07, 6.45) is 1.70. The third-order valence-electron chi connectivity index (χ3n) is 6.47. The van der Waals surface area contributed by atoms with E-state index in [0.717, 1.165) is 51.1 Å². The van der Waals surface area contributed by atoms with E-state index in [1.165, 1.54) is 0 Å². The molecule has 0 saturated carbocycles. The Morgan fingerprint density at radius 3 is 2.91 bits per heavy atom. The number of phenolic OH excluding ortho intramolecular Hbond substituents is 1. The molecular formula is C25H28N6O3. The molecule has 9 nitrogen and oxygen atoms in total. The first-order chi connectivity index (χ1) is 16.5. The summed E-state index contributed by atoms with van der Waals surface area (Å²) in [5.41, 5.74) is 12.5. The smallest absolute Gasteiger partial charge is 0.239 e. The minimum atomic E-state index is -0.694. The Morgan fingerprint density at radius 1 is 1.26 bits per heavy atom. The van der Waals surface area contributed by atoms with Crippen molar-refractivity contribution in [1.29, 1.82) is 0 Å². The van der Waals surface area contributed by atoms with E-state index in [1.54, 1.807) is 17.0 Å². The average molecular weight is 461 g/mol. The van der Waals surface area contributed by atoms with Crippen molar-refractivity contribution in [2.24, 2.45) is 5.73 Å². The zero-order valence-corrected chi connectivity index (χ0v) is 19.0. The van der Waals surface area contributed by atoms with Gasteiger partial charge in [0.1, 0.15) is 11.4 Å². The molecule has 1 atom stereocenters. The van der Waals surface area contributed by atoms with Crippen LogP contribution in [0.15, 0.2) is 36.4 Å². The Morgan fingerprint density at radius 2 is 2.12 bits per heavy atom. The molecule has 1 amide bonds. The minimum absolute atomic E-state index is 0.110. The number of benzene rings is 2. The predicted molar refractivity (Wildman–Crippen MR) is 129 cm³/mol. The number of aromatic amines is 2. The Bertz CT molecular complexity index is 1360. The molecule has 2 aromatic heterocycles. The van der Waals surface area contributed by atoms with Crippen molar-refractivity contribution in [2.75, 3.05) is 13.2 Å². The molecule has 0 bridgehead atoms. The molecule has 0 fully saturated rings. The fraction of sp³-hybridized carbons (Fsp3) is 0.320. The highest BCUT2D eigenvalue weighted by Crippen LogP contribution is 2.33. The number of aliphatic hydroxyl groups excluding tert-OH is 1. The molecule has 0 spiro atoms. The van der Waals surface area contributed by atoms with Crippen LogP contribution in [0.3, 0.4) is 0 Å². The zero-order chi connectivity index (χ0) is 23.8. The Labute approximate surface area is 196 Å². The van der Waals surface area contributed by atoms with E-state index in [2.05, 4.69) is 34.2 Å². The van der Waals surface area contributed by atoms with Gasteiger partial charge in [-0.1, -0.05) is 19.1 Å². The molecule has 1 aliphatic rings. The normalized spacial score (nSPS) is 14.4. The number of phenols is 1. The topological polar surface area (TPSA) is 144 Å². The van der Waals surface area contributed by atoms with Crippen LogP contribution in [0.25, 0.3) is 33.5 Å². The molecule has 3 heterocycles. The van der Waals surface area contributed by atoms with Gasteiger partial charge in [-0.3, -0.25) is 9.89 Å². The Balaban J connectivity index is 1.43. The summed E-state index contributed by atoms with van der Waals surface area (Å²) in [5, 5.41) is 27.5. The Kier molecular flexibility index (Phi) is 5.80. The maximum atomic E-state index is 12.5. The number of H-pyrrole nitrogens is 2. The van der Waals surface area contributed by atoms with Gasteiger partial charge in [-0.2, -0.15) is 5.10 Å². The number of amides is 1. The average Bonchev–Trinajstić information content (AvgIpc) is 3.46. The standard InChI is InChI=1S/C25H28N6O3/c1-2-14-11-16(33)4-6-17(14)15-3-5-18-21(12-15)29-30-23(18)24-27-20-7-9-31(13-22(20)28-24)25(34)19(26)8-10-32/h3-6,11-12,19,32-33H,2,7-10,13,26H2,1H3,(H,27,28)(H,29,30)/t19-/m0/s1. The van der Waals surface area contributed by atoms with Crippen molar-refractivity contribution in [2.45, 2.75) is 38.8 Å². The first-order valence-electron chi connectivity index (χ1n) is 11.5. The van der Waals surface area contributed by atoms with Crippen LogP contribution in [-0.2, 0) is 24.2 Å². The molecule has 1 aliphatic heterocycles. The zero-order valence-electron chi connectivity index (χ0n) is 19.0. The summed E-state index contributed by atoms with van der Waals surface area (Å²) >= 11 is 0. The number of nitrogens with two attached hydrogens (primary N) is 1. The van der Waals surface area contributed by atoms with Gasteiger partial charge >= 0.3 is 0 Å². The molecule has 2 aromatic carbocycles. The van der Waals surface area contributed by atoms with Gasteiger partial charge in [0, 0.05) is 25.0 Å². The lowest BCUT2D eigenvalue weighted by molar-refractivity contribution is -0.133. The highest BCUT2D eigenvalue weighted by Gasteiger charge is 2.27. The van der Waals surface area contributed by atoms with Crippen molar-refractivity contribution >= 4 is 16.8 Å². The summed E-state index contributed by atoms with van der Waals surface area (Å²) in [6.45, 7) is 2.92. The van der Waals surface area contributed by atoms with Crippen LogP contribution in [0.4, 0.5) is 0 Å². The van der Waals surface area contributed by atoms with Crippen LogP contribution < -0.4 is 5.73 Å². The third-order valence-corrected chi connectivity index (χ3v) is 6.47. The van der Waals surface area contributed by atoms with E-state index in [4.69, 9.17) is 15.8 Å². The van der Waals surface area contributed by atoms with Crippen LogP contribution in [0, 0.1) is 0 Å². The third kappa shape index (κ3) is 3.93. The molecule has 0 unspecified atom stereocenters. The van der Waals surface area contributed by atoms with Crippen LogP contribution >= 0.6 is 0 Å². The van der Waals surface area contributed by atoms with Crippen LogP contribution in [0.1, 0.15) is 30.3 Å². The van der Waals surface area contributed by atoms with Gasteiger partial charge in [0.25, 0.3) is 0 Å². The van der Waals surface area contributed by atoms with Gasteiger partial charge in [0.2, 0.25) is 5.91 Å². The maximum Gasteiger partial charge on any atom is 0.239 e. The number of hydrogen-bond acceptors (Lipinski definition) is 6. The molecule has 0 aliphatic carbocycles. The van der Waals surface area contributed by atoms with Gasteiger partial charge in [0.15, 0.2) is 5.82 Å². The fourth-order valence-corrected chi connectivity index (χ4v) is 4.61. The highest BCUT2D eigenvalue weighted by molar-refractivity contribution is 5.94. The van der Waals surface area contributed by atoms with Crippen LogP contribution in [-0.4, -0.2) is 60.4 Å². The predicted octanol–water partition coefficient (Wildman–Crippen LogP) is 2.48. The number of nitrogens with one attached hydrogen (secondary N) is 2. The second-order valence-electron chi connectivity index (χ2n) is 8.67. The summed E-state index contributed by atoms with van der Waals surface area (Å²) in [7, 11) is 0. The van der Waals surface area contributed by atoms with Crippen molar-refractivity contribution in [3.8, 4) is 28.4 Å². The van der Waals surface area contributed by atoms with E-state index >= 15 is 0 Å². The SMILES string of the molecule is CCc1cc(O)ccc1-c1ccc2c(-c3nc4c([nH]3)CN(C(=O)[C@@H](N)CCO)CC4)n[nH]c2c1. The molecule has 6 N–H and O–H groups in total. The van der Waals surface area contributed by atoms with E-state index in [9.17, 15) is 9.90 Å². The number of imidazole rings is 1. The summed E-state index contributed by atoms with van der Waals surface area (Å²) < 4.78 is 0. The largest absolute Gasteiger partial charge is 0.508 e. The second-order valence-corrected chi connectivity index (χ2v) is 8.67. The van der Waals surface area contributed by atoms with E-state index in [-0.39, 0.29) is 24.7 Å². The number of fused-ring (bicyclic) bond motifs is 2. The van der Waals surface area contributed by atoms with Gasteiger partial charge in [0.05, 0.1) is 29.5 Å². The van der Waals surface area contributed by atoms with Gasteiger partial charge in [-0.25, -0.2) is 4.98 Å². The van der Waals surface area contributed by atoms with Crippen molar-refractivity contribution in [3.05, 3.63) is 53.3 Å². The molecule has 34 heavy (non-hydrogen) atoms. The maximum absolute atomic E-state index is 12.5. The minimum Gasteiger partial charge on any atom is -0.508 e. The van der Waals surface area contributed by atoms with Crippen molar-refractivity contribution < 1.29 is 15.0 Å². The first-order valence-corrected chi connectivity index (χ1v) is 11.5. The number of nitrogens with zero attached hydrogens (tertiary/aromatic N) is 3. The van der Waals surface area contributed by atoms with E-state index in [1.807, 2.05) is 12.1 Å². The Hall–Kier alpha value is -3.69. The number of aromatic hydroxyl groups is 1. The van der Waals surface area contributed by atoms with E-state index in [0.29, 0.717) is 25.3 Å². The molecule has 9 heteroatoms. The molecule has 0 radical (unpaired) electrons. The first kappa shape index (κ1) is 22.1. The van der Waals surface area contributed by atoms with Gasteiger partial charge in [-0.15, -0.1) is 0 Å². The molecule has 4 aromatic rings. The monoisotopic (exact) mass is 460 g/mol.